The second-order valence-electron chi connectivity index (χ2n) is 5.89. The standard InChI is InChI=1S/C20H20N4O4/c1-2-28-18(26)13-24-16-11-7-6-10-15(16)19(20(24)27)23-22-17(25)12-21-14-8-4-3-5-9-14/h3-11,21,27H,2,12-13H2,1H3. The number of hydrogen-bond donors (Lipinski definition) is 2. The number of esters is 1. The van der Waals surface area contributed by atoms with Gasteiger partial charge in [0, 0.05) is 11.1 Å². The number of fused-ring (bicyclic) bond motifs is 1. The molecule has 2 aromatic carbocycles. The molecular formula is C20H20N4O4. The molecule has 1 amide bonds. The van der Waals surface area contributed by atoms with E-state index in [0.29, 0.717) is 10.9 Å². The first kappa shape index (κ1) is 19.1. The Hall–Kier alpha value is -3.68. The van der Waals surface area contributed by atoms with E-state index in [1.807, 2.05) is 30.3 Å². The number of carbonyl (C=O) groups excluding carboxylic acids is 2. The highest BCUT2D eigenvalue weighted by Gasteiger charge is 2.19. The lowest BCUT2D eigenvalue weighted by Crippen LogP contribution is -2.12. The van der Waals surface area contributed by atoms with E-state index in [4.69, 9.17) is 4.74 Å². The number of para-hydroxylation sites is 2. The van der Waals surface area contributed by atoms with Crippen LogP contribution < -0.4 is 5.32 Å². The van der Waals surface area contributed by atoms with E-state index in [2.05, 4.69) is 15.5 Å². The first-order valence-corrected chi connectivity index (χ1v) is 8.79. The molecule has 8 heteroatoms. The van der Waals surface area contributed by atoms with Crippen LogP contribution in [0.15, 0.2) is 64.8 Å². The topological polar surface area (TPSA) is 105 Å². The SMILES string of the molecule is CCOC(=O)Cn1c(O)c(N=NC(=O)CNc2ccccc2)c2ccccc21. The maximum absolute atomic E-state index is 12.0. The molecule has 0 spiro atoms. The van der Waals surface area contributed by atoms with Crippen molar-refractivity contribution >= 4 is 34.2 Å². The summed E-state index contributed by atoms with van der Waals surface area (Å²) in [5.74, 6) is -1.22. The summed E-state index contributed by atoms with van der Waals surface area (Å²) >= 11 is 0. The van der Waals surface area contributed by atoms with Crippen LogP contribution in [0.25, 0.3) is 10.9 Å². The fourth-order valence-corrected chi connectivity index (χ4v) is 2.74. The van der Waals surface area contributed by atoms with Crippen molar-refractivity contribution in [3.63, 3.8) is 0 Å². The number of carbonyl (C=O) groups is 2. The summed E-state index contributed by atoms with van der Waals surface area (Å²) in [5.41, 5.74) is 1.52. The van der Waals surface area contributed by atoms with Crippen molar-refractivity contribution in [3.8, 4) is 5.88 Å². The molecule has 0 unspecified atom stereocenters. The number of ether oxygens (including phenoxy) is 1. The zero-order valence-electron chi connectivity index (χ0n) is 15.3. The number of anilines is 1. The average Bonchev–Trinajstić information content (AvgIpc) is 2.97. The van der Waals surface area contributed by atoms with Crippen molar-refractivity contribution in [2.45, 2.75) is 13.5 Å². The van der Waals surface area contributed by atoms with Gasteiger partial charge in [0.25, 0.3) is 5.91 Å². The van der Waals surface area contributed by atoms with Gasteiger partial charge in [-0.15, -0.1) is 10.2 Å². The van der Waals surface area contributed by atoms with Gasteiger partial charge >= 0.3 is 5.97 Å². The summed E-state index contributed by atoms with van der Waals surface area (Å²) in [6.45, 7) is 1.75. The Morgan fingerprint density at radius 2 is 1.82 bits per heavy atom. The smallest absolute Gasteiger partial charge is 0.326 e. The third kappa shape index (κ3) is 4.35. The Kier molecular flexibility index (Phi) is 6.01. The van der Waals surface area contributed by atoms with Crippen LogP contribution in [0, 0.1) is 0 Å². The molecule has 1 heterocycles. The van der Waals surface area contributed by atoms with E-state index in [1.54, 1.807) is 31.2 Å². The highest BCUT2D eigenvalue weighted by molar-refractivity contribution is 5.96. The van der Waals surface area contributed by atoms with Gasteiger partial charge in [-0.3, -0.25) is 14.2 Å². The lowest BCUT2D eigenvalue weighted by molar-refractivity contribution is -0.143. The maximum Gasteiger partial charge on any atom is 0.326 e. The Morgan fingerprint density at radius 3 is 2.57 bits per heavy atom. The van der Waals surface area contributed by atoms with Crippen LogP contribution in [0.5, 0.6) is 5.88 Å². The second kappa shape index (κ2) is 8.81. The highest BCUT2D eigenvalue weighted by Crippen LogP contribution is 2.38. The minimum atomic E-state index is -0.495. The van der Waals surface area contributed by atoms with Crippen LogP contribution in [0.3, 0.4) is 0 Å². The van der Waals surface area contributed by atoms with E-state index in [9.17, 15) is 14.7 Å². The predicted molar refractivity (Wildman–Crippen MR) is 105 cm³/mol. The van der Waals surface area contributed by atoms with Gasteiger partial charge in [-0.1, -0.05) is 36.4 Å². The third-order valence-corrected chi connectivity index (χ3v) is 3.99. The summed E-state index contributed by atoms with van der Waals surface area (Å²) < 4.78 is 6.33. The maximum atomic E-state index is 12.0. The largest absolute Gasteiger partial charge is 0.493 e. The van der Waals surface area contributed by atoms with Crippen LogP contribution in [-0.2, 0) is 20.9 Å². The van der Waals surface area contributed by atoms with Crippen molar-refractivity contribution in [1.82, 2.24) is 4.57 Å². The van der Waals surface area contributed by atoms with E-state index in [0.717, 1.165) is 5.69 Å². The fraction of sp³-hybridized carbons (Fsp3) is 0.200. The molecule has 0 aliphatic carbocycles. The van der Waals surface area contributed by atoms with E-state index in [1.165, 1.54) is 4.57 Å². The Bertz CT molecular complexity index is 1010. The molecule has 8 nitrogen and oxygen atoms in total. The quantitative estimate of drug-likeness (QED) is 0.481. The lowest BCUT2D eigenvalue weighted by atomic mass is 10.2. The van der Waals surface area contributed by atoms with Gasteiger partial charge in [-0.2, -0.15) is 0 Å². The Morgan fingerprint density at radius 1 is 1.11 bits per heavy atom. The molecule has 2 N–H and O–H groups in total. The van der Waals surface area contributed by atoms with Gasteiger partial charge in [-0.05, 0) is 25.1 Å². The number of aromatic hydroxyl groups is 1. The van der Waals surface area contributed by atoms with Crippen LogP contribution in [-0.4, -0.2) is 34.7 Å². The van der Waals surface area contributed by atoms with Crippen molar-refractivity contribution in [2.75, 3.05) is 18.5 Å². The van der Waals surface area contributed by atoms with Crippen LogP contribution in [0.1, 0.15) is 6.92 Å². The molecule has 0 radical (unpaired) electrons. The van der Waals surface area contributed by atoms with Gasteiger partial charge in [0.1, 0.15) is 6.54 Å². The van der Waals surface area contributed by atoms with Crippen molar-refractivity contribution in [2.24, 2.45) is 10.2 Å². The number of amides is 1. The predicted octanol–water partition coefficient (Wildman–Crippen LogP) is 3.63. The summed E-state index contributed by atoms with van der Waals surface area (Å²) in [6.07, 6.45) is 0. The molecule has 1 aromatic heterocycles. The molecule has 28 heavy (non-hydrogen) atoms. The van der Waals surface area contributed by atoms with E-state index in [-0.39, 0.29) is 31.3 Å². The minimum absolute atomic E-state index is 0.0320. The Labute approximate surface area is 161 Å². The molecule has 0 saturated carbocycles. The van der Waals surface area contributed by atoms with Crippen molar-refractivity contribution < 1.29 is 19.4 Å². The molecular weight excluding hydrogens is 360 g/mol. The average molecular weight is 380 g/mol. The van der Waals surface area contributed by atoms with Gasteiger partial charge in [-0.25, -0.2) is 0 Å². The normalized spacial score (nSPS) is 11.0. The number of nitrogens with zero attached hydrogens (tertiary/aromatic N) is 3. The first-order chi connectivity index (χ1) is 13.6. The van der Waals surface area contributed by atoms with Crippen LogP contribution in [0.4, 0.5) is 11.4 Å². The van der Waals surface area contributed by atoms with Crippen molar-refractivity contribution in [3.05, 3.63) is 54.6 Å². The van der Waals surface area contributed by atoms with Crippen LogP contribution >= 0.6 is 0 Å². The monoisotopic (exact) mass is 380 g/mol. The fourth-order valence-electron chi connectivity index (χ4n) is 2.74. The molecule has 0 atom stereocenters. The summed E-state index contributed by atoms with van der Waals surface area (Å²) in [4.78, 5) is 23.9. The summed E-state index contributed by atoms with van der Waals surface area (Å²) in [7, 11) is 0. The van der Waals surface area contributed by atoms with E-state index >= 15 is 0 Å². The van der Waals surface area contributed by atoms with Gasteiger partial charge < -0.3 is 15.2 Å². The number of hydrogen-bond acceptors (Lipinski definition) is 6. The molecule has 0 fully saturated rings. The second-order valence-corrected chi connectivity index (χ2v) is 5.89. The zero-order chi connectivity index (χ0) is 19.9. The molecule has 3 aromatic rings. The third-order valence-electron chi connectivity index (χ3n) is 3.99. The molecule has 0 bridgehead atoms. The Balaban J connectivity index is 1.80. The number of aromatic nitrogens is 1. The zero-order valence-corrected chi connectivity index (χ0v) is 15.3. The number of benzene rings is 2. The molecule has 3 rings (SSSR count). The van der Waals surface area contributed by atoms with E-state index < -0.39 is 11.9 Å². The van der Waals surface area contributed by atoms with Gasteiger partial charge in [0.05, 0.1) is 18.7 Å². The van der Waals surface area contributed by atoms with Gasteiger partial charge in [0.15, 0.2) is 5.69 Å². The molecule has 144 valence electrons. The lowest BCUT2D eigenvalue weighted by Gasteiger charge is -2.06. The highest BCUT2D eigenvalue weighted by atomic mass is 16.5. The van der Waals surface area contributed by atoms with Gasteiger partial charge in [0.2, 0.25) is 5.88 Å². The first-order valence-electron chi connectivity index (χ1n) is 8.79. The molecule has 0 aliphatic heterocycles. The minimum Gasteiger partial charge on any atom is -0.493 e. The number of rotatable bonds is 7. The van der Waals surface area contributed by atoms with Crippen molar-refractivity contribution in [1.29, 1.82) is 0 Å². The molecule has 0 saturated heterocycles. The molecule has 0 aliphatic rings. The summed E-state index contributed by atoms with van der Waals surface area (Å²) in [6, 6.07) is 16.3. The number of nitrogens with one attached hydrogen (secondary N) is 1. The number of azo groups is 1. The summed E-state index contributed by atoms with van der Waals surface area (Å²) in [5, 5.41) is 21.7. The van der Waals surface area contributed by atoms with Crippen LogP contribution in [0.2, 0.25) is 0 Å².